The largest absolute Gasteiger partial charge is 0.468 e. The van der Waals surface area contributed by atoms with Crippen molar-refractivity contribution in [2.45, 2.75) is 38.3 Å². The van der Waals surface area contributed by atoms with E-state index in [0.29, 0.717) is 6.54 Å². The molecule has 1 fully saturated rings. The first kappa shape index (κ1) is 14.6. The summed E-state index contributed by atoms with van der Waals surface area (Å²) < 4.78 is 37.0. The average Bonchev–Trinajstić information content (AvgIpc) is 2.92. The molecule has 2 atom stereocenters. The van der Waals surface area contributed by atoms with Gasteiger partial charge in [-0.1, -0.05) is 6.42 Å². The van der Waals surface area contributed by atoms with Gasteiger partial charge in [0.15, 0.2) is 0 Å². The van der Waals surface area contributed by atoms with E-state index in [1.165, 1.54) is 7.11 Å². The summed E-state index contributed by atoms with van der Waals surface area (Å²) >= 11 is 0. The highest BCUT2D eigenvalue weighted by atomic mass is 32.2. The third-order valence-electron chi connectivity index (χ3n) is 3.53. The van der Waals surface area contributed by atoms with Crippen LogP contribution in [0.3, 0.4) is 0 Å². The van der Waals surface area contributed by atoms with Gasteiger partial charge in [-0.05, 0) is 31.9 Å². The number of methoxy groups -OCH3 is 1. The van der Waals surface area contributed by atoms with Crippen LogP contribution in [0, 0.1) is 0 Å². The van der Waals surface area contributed by atoms with Crippen molar-refractivity contribution in [2.24, 2.45) is 0 Å². The number of furan rings is 1. The molecule has 5 nitrogen and oxygen atoms in total. The van der Waals surface area contributed by atoms with Gasteiger partial charge in [0, 0.05) is 13.7 Å². The van der Waals surface area contributed by atoms with Crippen LogP contribution in [-0.4, -0.2) is 38.2 Å². The first-order valence-corrected chi connectivity index (χ1v) is 8.21. The molecule has 1 aromatic heterocycles. The van der Waals surface area contributed by atoms with Gasteiger partial charge >= 0.3 is 0 Å². The molecule has 0 aromatic carbocycles. The van der Waals surface area contributed by atoms with E-state index in [-0.39, 0.29) is 17.9 Å². The van der Waals surface area contributed by atoms with Crippen LogP contribution < -0.4 is 0 Å². The molecule has 19 heavy (non-hydrogen) atoms. The van der Waals surface area contributed by atoms with Gasteiger partial charge in [0.25, 0.3) is 0 Å². The van der Waals surface area contributed by atoms with Crippen molar-refractivity contribution >= 4 is 10.0 Å². The van der Waals surface area contributed by atoms with Gasteiger partial charge < -0.3 is 9.15 Å². The summed E-state index contributed by atoms with van der Waals surface area (Å²) in [5, 5.41) is 0. The molecule has 0 N–H and O–H groups in total. The number of hydrogen-bond donors (Lipinski definition) is 0. The highest BCUT2D eigenvalue weighted by Crippen LogP contribution is 2.33. The Morgan fingerprint density at radius 1 is 1.53 bits per heavy atom. The Hall–Kier alpha value is -0.850. The van der Waals surface area contributed by atoms with Crippen LogP contribution in [-0.2, 0) is 14.8 Å². The quantitative estimate of drug-likeness (QED) is 0.832. The Balaban J connectivity index is 2.20. The second-order valence-corrected chi connectivity index (χ2v) is 6.93. The highest BCUT2D eigenvalue weighted by molar-refractivity contribution is 7.89. The first-order chi connectivity index (χ1) is 9.04. The SMILES string of the molecule is COC(C)CS(=O)(=O)N1CCCCC1c1ccco1. The predicted molar refractivity (Wildman–Crippen MR) is 72.3 cm³/mol. The lowest BCUT2D eigenvalue weighted by Crippen LogP contribution is -2.41. The van der Waals surface area contributed by atoms with E-state index in [9.17, 15) is 8.42 Å². The Morgan fingerprint density at radius 2 is 2.32 bits per heavy atom. The number of piperidine rings is 1. The van der Waals surface area contributed by atoms with Crippen molar-refractivity contribution in [3.05, 3.63) is 24.2 Å². The Kier molecular flexibility index (Phi) is 4.65. The van der Waals surface area contributed by atoms with Crippen LogP contribution in [0.2, 0.25) is 0 Å². The fourth-order valence-corrected chi connectivity index (χ4v) is 4.39. The number of nitrogens with zero attached hydrogens (tertiary/aromatic N) is 1. The van der Waals surface area contributed by atoms with Crippen molar-refractivity contribution in [1.29, 1.82) is 0 Å². The Labute approximate surface area is 114 Å². The maximum Gasteiger partial charge on any atom is 0.217 e. The summed E-state index contributed by atoms with van der Waals surface area (Å²) in [5.74, 6) is 0.745. The van der Waals surface area contributed by atoms with E-state index in [1.54, 1.807) is 23.6 Å². The monoisotopic (exact) mass is 287 g/mol. The molecule has 108 valence electrons. The molecule has 1 aliphatic rings. The molecular weight excluding hydrogens is 266 g/mol. The zero-order chi connectivity index (χ0) is 13.9. The van der Waals surface area contributed by atoms with Crippen LogP contribution in [0.25, 0.3) is 0 Å². The number of rotatable bonds is 5. The topological polar surface area (TPSA) is 59.8 Å². The summed E-state index contributed by atoms with van der Waals surface area (Å²) in [5.41, 5.74) is 0. The van der Waals surface area contributed by atoms with Crippen LogP contribution in [0.15, 0.2) is 22.8 Å². The average molecular weight is 287 g/mol. The molecule has 1 saturated heterocycles. The van der Waals surface area contributed by atoms with Crippen molar-refractivity contribution in [2.75, 3.05) is 19.4 Å². The highest BCUT2D eigenvalue weighted by Gasteiger charge is 2.35. The fraction of sp³-hybridized carbons (Fsp3) is 0.692. The summed E-state index contributed by atoms with van der Waals surface area (Å²) in [6.07, 6.45) is 4.03. The number of sulfonamides is 1. The third-order valence-corrected chi connectivity index (χ3v) is 5.57. The van der Waals surface area contributed by atoms with Gasteiger partial charge in [-0.3, -0.25) is 0 Å². The second kappa shape index (κ2) is 6.07. The standard InChI is InChI=1S/C13H21NO4S/c1-11(17-2)10-19(15,16)14-8-4-3-6-12(14)13-7-5-9-18-13/h5,7,9,11-12H,3-4,6,8,10H2,1-2H3. The predicted octanol–water partition coefficient (Wildman–Crippen LogP) is 2.17. The smallest absolute Gasteiger partial charge is 0.217 e. The molecular formula is C13H21NO4S. The maximum atomic E-state index is 12.5. The van der Waals surface area contributed by atoms with E-state index in [0.717, 1.165) is 25.0 Å². The summed E-state index contributed by atoms with van der Waals surface area (Å²) in [6.45, 7) is 2.33. The van der Waals surface area contributed by atoms with Crippen LogP contribution in [0.5, 0.6) is 0 Å². The van der Waals surface area contributed by atoms with Crippen molar-refractivity contribution < 1.29 is 17.6 Å². The minimum atomic E-state index is -3.32. The summed E-state index contributed by atoms with van der Waals surface area (Å²) in [4.78, 5) is 0. The second-order valence-electron chi connectivity index (χ2n) is 4.96. The van der Waals surface area contributed by atoms with E-state index in [4.69, 9.17) is 9.15 Å². The van der Waals surface area contributed by atoms with E-state index in [2.05, 4.69) is 0 Å². The zero-order valence-corrected chi connectivity index (χ0v) is 12.2. The molecule has 0 amide bonds. The fourth-order valence-electron chi connectivity index (χ4n) is 2.46. The van der Waals surface area contributed by atoms with Gasteiger partial charge in [-0.15, -0.1) is 0 Å². The minimum Gasteiger partial charge on any atom is -0.468 e. The third kappa shape index (κ3) is 3.38. The molecule has 6 heteroatoms. The lowest BCUT2D eigenvalue weighted by molar-refractivity contribution is 0.133. The molecule has 2 unspecified atom stereocenters. The molecule has 1 aliphatic heterocycles. The van der Waals surface area contributed by atoms with Crippen LogP contribution in [0.4, 0.5) is 0 Å². The Morgan fingerprint density at radius 3 is 2.95 bits per heavy atom. The van der Waals surface area contributed by atoms with E-state index >= 15 is 0 Å². The van der Waals surface area contributed by atoms with Gasteiger partial charge in [0.2, 0.25) is 10.0 Å². The maximum absolute atomic E-state index is 12.5. The molecule has 0 aliphatic carbocycles. The molecule has 2 rings (SSSR count). The zero-order valence-electron chi connectivity index (χ0n) is 11.4. The van der Waals surface area contributed by atoms with Crippen molar-refractivity contribution in [3.8, 4) is 0 Å². The first-order valence-electron chi connectivity index (χ1n) is 6.60. The molecule has 2 heterocycles. The number of ether oxygens (including phenoxy) is 1. The lowest BCUT2D eigenvalue weighted by Gasteiger charge is -2.34. The summed E-state index contributed by atoms with van der Waals surface area (Å²) in [7, 11) is -1.79. The van der Waals surface area contributed by atoms with Gasteiger partial charge in [-0.25, -0.2) is 8.42 Å². The molecule has 0 spiro atoms. The van der Waals surface area contributed by atoms with Crippen molar-refractivity contribution in [1.82, 2.24) is 4.31 Å². The molecule has 0 bridgehead atoms. The Bertz CT molecular complexity index is 483. The van der Waals surface area contributed by atoms with Gasteiger partial charge in [0.05, 0.1) is 24.2 Å². The normalized spacial score (nSPS) is 23.4. The van der Waals surface area contributed by atoms with Gasteiger partial charge in [0.1, 0.15) is 5.76 Å². The molecule has 0 radical (unpaired) electrons. The minimum absolute atomic E-state index is 0.0146. The van der Waals surface area contributed by atoms with E-state index in [1.807, 2.05) is 6.07 Å². The number of hydrogen-bond acceptors (Lipinski definition) is 4. The van der Waals surface area contributed by atoms with Crippen LogP contribution in [0.1, 0.15) is 38.0 Å². The van der Waals surface area contributed by atoms with Crippen LogP contribution >= 0.6 is 0 Å². The van der Waals surface area contributed by atoms with E-state index < -0.39 is 10.0 Å². The van der Waals surface area contributed by atoms with Crippen molar-refractivity contribution in [3.63, 3.8) is 0 Å². The summed E-state index contributed by atoms with van der Waals surface area (Å²) in [6, 6.07) is 3.47. The molecule has 1 aromatic rings. The molecule has 0 saturated carbocycles. The lowest BCUT2D eigenvalue weighted by atomic mass is 10.0. The van der Waals surface area contributed by atoms with Gasteiger partial charge in [-0.2, -0.15) is 4.31 Å².